The molecule has 30 heavy (non-hydrogen) atoms. The summed E-state index contributed by atoms with van der Waals surface area (Å²) in [6.45, 7) is 1.95. The summed E-state index contributed by atoms with van der Waals surface area (Å²) in [4.78, 5) is 25.9. The Morgan fingerprint density at radius 3 is 2.57 bits per heavy atom. The second kappa shape index (κ2) is 10.1. The van der Waals surface area contributed by atoms with E-state index in [1.165, 1.54) is 11.8 Å². The second-order valence-corrected chi connectivity index (χ2v) is 8.14. The molecule has 0 fully saturated rings. The van der Waals surface area contributed by atoms with Crippen LogP contribution in [0.25, 0.3) is 0 Å². The first-order valence-corrected chi connectivity index (χ1v) is 10.9. The Morgan fingerprint density at radius 2 is 1.90 bits per heavy atom. The van der Waals surface area contributed by atoms with Gasteiger partial charge in [0.15, 0.2) is 0 Å². The normalized spacial score (nSPS) is 16.0. The lowest BCUT2D eigenvalue weighted by Gasteiger charge is -2.29. The molecular formula is C21H20Cl2N2O4S. The van der Waals surface area contributed by atoms with Gasteiger partial charge >= 0.3 is 12.0 Å². The first kappa shape index (κ1) is 22.3. The molecule has 1 heterocycles. The van der Waals surface area contributed by atoms with Gasteiger partial charge in [0.2, 0.25) is 0 Å². The number of rotatable bonds is 7. The number of hydrogen-bond donors (Lipinski definition) is 2. The summed E-state index contributed by atoms with van der Waals surface area (Å²) in [5, 5.41) is 6.63. The molecule has 6 nitrogen and oxygen atoms in total. The predicted octanol–water partition coefficient (Wildman–Crippen LogP) is 4.97. The van der Waals surface area contributed by atoms with Crippen LogP contribution in [0, 0.1) is 0 Å². The van der Waals surface area contributed by atoms with E-state index < -0.39 is 18.0 Å². The second-order valence-electron chi connectivity index (χ2n) is 6.28. The number of benzene rings is 2. The molecule has 0 aliphatic carbocycles. The van der Waals surface area contributed by atoms with E-state index in [9.17, 15) is 9.59 Å². The first-order valence-electron chi connectivity index (χ1n) is 9.12. The summed E-state index contributed by atoms with van der Waals surface area (Å²) < 4.78 is 10.5. The molecule has 1 atom stereocenters. The Balaban J connectivity index is 1.97. The van der Waals surface area contributed by atoms with E-state index in [0.29, 0.717) is 32.8 Å². The first-order chi connectivity index (χ1) is 14.4. The van der Waals surface area contributed by atoms with Crippen molar-refractivity contribution in [1.29, 1.82) is 0 Å². The summed E-state index contributed by atoms with van der Waals surface area (Å²) in [6, 6.07) is 11.2. The summed E-state index contributed by atoms with van der Waals surface area (Å²) in [7, 11) is 1.57. The lowest BCUT2D eigenvalue weighted by molar-refractivity contribution is -0.139. The zero-order chi connectivity index (χ0) is 21.7. The fourth-order valence-electron chi connectivity index (χ4n) is 2.97. The van der Waals surface area contributed by atoms with Crippen molar-refractivity contribution in [1.82, 2.24) is 10.6 Å². The number of nitrogens with one attached hydrogen (secondary N) is 2. The van der Waals surface area contributed by atoms with Crippen LogP contribution in [0.2, 0.25) is 10.0 Å². The Kier molecular flexibility index (Phi) is 7.53. The highest BCUT2D eigenvalue weighted by atomic mass is 35.5. The molecule has 158 valence electrons. The fraction of sp³-hybridized carbons (Fsp3) is 0.238. The Bertz CT molecular complexity index is 979. The van der Waals surface area contributed by atoms with Gasteiger partial charge in [-0.15, -0.1) is 11.8 Å². The molecule has 0 unspecified atom stereocenters. The molecule has 9 heteroatoms. The lowest BCUT2D eigenvalue weighted by atomic mass is 9.95. The molecule has 0 bridgehead atoms. The van der Waals surface area contributed by atoms with Gasteiger partial charge in [-0.25, -0.2) is 9.59 Å². The number of ether oxygens (including phenoxy) is 2. The van der Waals surface area contributed by atoms with Crippen molar-refractivity contribution >= 4 is 47.0 Å². The van der Waals surface area contributed by atoms with Crippen LogP contribution in [-0.4, -0.2) is 31.5 Å². The molecule has 1 aliphatic rings. The number of hydrogen-bond acceptors (Lipinski definition) is 5. The lowest BCUT2D eigenvalue weighted by Crippen LogP contribution is -2.46. The van der Waals surface area contributed by atoms with E-state index in [0.717, 1.165) is 10.5 Å². The molecule has 0 radical (unpaired) electrons. The summed E-state index contributed by atoms with van der Waals surface area (Å²) in [5.41, 5.74) is 1.53. The van der Waals surface area contributed by atoms with Crippen molar-refractivity contribution < 1.29 is 19.1 Å². The minimum Gasteiger partial charge on any atom is -0.497 e. The minimum absolute atomic E-state index is 0.214. The van der Waals surface area contributed by atoms with E-state index in [-0.39, 0.29) is 6.61 Å². The molecular weight excluding hydrogens is 447 g/mol. The molecule has 2 aromatic carbocycles. The Hall–Kier alpha value is -2.35. The van der Waals surface area contributed by atoms with Crippen LogP contribution in [-0.2, 0) is 9.53 Å². The van der Waals surface area contributed by atoms with Crippen molar-refractivity contribution in [3.8, 4) is 5.75 Å². The van der Waals surface area contributed by atoms with Gasteiger partial charge in [0, 0.05) is 21.4 Å². The molecule has 0 spiro atoms. The molecule has 2 aromatic rings. The van der Waals surface area contributed by atoms with Gasteiger partial charge in [-0.2, -0.15) is 0 Å². The molecule has 3 rings (SSSR count). The maximum absolute atomic E-state index is 12.8. The zero-order valence-corrected chi connectivity index (χ0v) is 18.7. The van der Waals surface area contributed by atoms with Crippen molar-refractivity contribution in [2.75, 3.05) is 19.5 Å². The molecule has 2 amide bonds. The third-order valence-electron chi connectivity index (χ3n) is 4.36. The van der Waals surface area contributed by atoms with E-state index in [4.69, 9.17) is 32.7 Å². The summed E-state index contributed by atoms with van der Waals surface area (Å²) in [5.74, 6) is 0.472. The largest absolute Gasteiger partial charge is 0.497 e. The fourth-order valence-corrected chi connectivity index (χ4v) is 4.43. The van der Waals surface area contributed by atoms with Crippen LogP contribution in [0.15, 0.2) is 58.6 Å². The quantitative estimate of drug-likeness (QED) is 0.445. The number of esters is 1. The summed E-state index contributed by atoms with van der Waals surface area (Å²) in [6.07, 6.45) is 0. The highest BCUT2D eigenvalue weighted by molar-refractivity contribution is 7.99. The van der Waals surface area contributed by atoms with Gasteiger partial charge in [-0.1, -0.05) is 35.3 Å². The third kappa shape index (κ3) is 5.22. The molecule has 0 aromatic heterocycles. The molecule has 1 aliphatic heterocycles. The Labute approximate surface area is 188 Å². The van der Waals surface area contributed by atoms with Crippen LogP contribution >= 0.6 is 35.0 Å². The minimum atomic E-state index is -0.658. The van der Waals surface area contributed by atoms with E-state index in [2.05, 4.69) is 10.6 Å². The number of carbonyl (C=O) groups is 2. The SMILES string of the molecule is CCOC(=O)C1=C(CSc2cc(Cl)ccc2Cl)NC(=O)N[C@@H]1c1ccc(OC)cc1. The standard InChI is InChI=1S/C21H20Cl2N2O4S/c1-3-29-20(26)18-16(11-30-17-10-13(22)6-9-15(17)23)24-21(27)25-19(18)12-4-7-14(28-2)8-5-12/h4-10,19H,3,11H2,1-2H3,(H2,24,25,27)/t19-/m1/s1. The van der Waals surface area contributed by atoms with Gasteiger partial charge in [0.05, 0.1) is 30.4 Å². The highest BCUT2D eigenvalue weighted by Gasteiger charge is 2.33. The maximum Gasteiger partial charge on any atom is 0.338 e. The topological polar surface area (TPSA) is 76.7 Å². The number of urea groups is 1. The average Bonchev–Trinajstić information content (AvgIpc) is 2.74. The third-order valence-corrected chi connectivity index (χ3v) is 6.12. The van der Waals surface area contributed by atoms with Gasteiger partial charge in [-0.05, 0) is 42.8 Å². The van der Waals surface area contributed by atoms with Crippen molar-refractivity contribution in [3.05, 3.63) is 69.3 Å². The number of amides is 2. The monoisotopic (exact) mass is 466 g/mol. The molecule has 0 saturated carbocycles. The van der Waals surface area contributed by atoms with Crippen molar-refractivity contribution in [3.63, 3.8) is 0 Å². The highest BCUT2D eigenvalue weighted by Crippen LogP contribution is 2.34. The van der Waals surface area contributed by atoms with Crippen molar-refractivity contribution in [2.24, 2.45) is 0 Å². The zero-order valence-electron chi connectivity index (χ0n) is 16.3. The van der Waals surface area contributed by atoms with Gasteiger partial charge < -0.3 is 20.1 Å². The van der Waals surface area contributed by atoms with Crippen LogP contribution < -0.4 is 15.4 Å². The maximum atomic E-state index is 12.8. The number of thioether (sulfide) groups is 1. The Morgan fingerprint density at radius 1 is 1.17 bits per heavy atom. The summed E-state index contributed by atoms with van der Waals surface area (Å²) >= 11 is 13.7. The van der Waals surface area contributed by atoms with Gasteiger partial charge in [0.1, 0.15) is 5.75 Å². The van der Waals surface area contributed by atoms with Crippen LogP contribution in [0.1, 0.15) is 18.5 Å². The number of carbonyl (C=O) groups excluding carboxylic acids is 2. The molecule has 2 N–H and O–H groups in total. The molecule has 0 saturated heterocycles. The van der Waals surface area contributed by atoms with Crippen LogP contribution in [0.3, 0.4) is 0 Å². The predicted molar refractivity (Wildman–Crippen MR) is 118 cm³/mol. The van der Waals surface area contributed by atoms with Crippen molar-refractivity contribution in [2.45, 2.75) is 17.9 Å². The average molecular weight is 467 g/mol. The van der Waals surface area contributed by atoms with E-state index >= 15 is 0 Å². The van der Waals surface area contributed by atoms with Gasteiger partial charge in [-0.3, -0.25) is 0 Å². The smallest absolute Gasteiger partial charge is 0.338 e. The van der Waals surface area contributed by atoms with Gasteiger partial charge in [0.25, 0.3) is 0 Å². The van der Waals surface area contributed by atoms with Crippen LogP contribution in [0.5, 0.6) is 5.75 Å². The van der Waals surface area contributed by atoms with E-state index in [1.807, 2.05) is 0 Å². The van der Waals surface area contributed by atoms with E-state index in [1.54, 1.807) is 56.5 Å². The number of methoxy groups -OCH3 is 1. The van der Waals surface area contributed by atoms with Crippen LogP contribution in [0.4, 0.5) is 4.79 Å². The number of halogens is 2.